The SMILES string of the molecule is CCc1ccc(C(=O)N2CCN(c3cccc(F)c3C#N)CC2)cc1. The summed E-state index contributed by atoms with van der Waals surface area (Å²) in [7, 11) is 0. The van der Waals surface area contributed by atoms with Crippen molar-refractivity contribution in [3.63, 3.8) is 0 Å². The van der Waals surface area contributed by atoms with Crippen LogP contribution in [-0.2, 0) is 6.42 Å². The summed E-state index contributed by atoms with van der Waals surface area (Å²) in [6, 6.07) is 14.3. The van der Waals surface area contributed by atoms with E-state index in [9.17, 15) is 14.4 Å². The van der Waals surface area contributed by atoms with Gasteiger partial charge in [0.2, 0.25) is 0 Å². The zero-order valence-corrected chi connectivity index (χ0v) is 14.2. The summed E-state index contributed by atoms with van der Waals surface area (Å²) >= 11 is 0. The molecule has 2 aromatic rings. The zero-order valence-electron chi connectivity index (χ0n) is 14.2. The number of hydrogen-bond acceptors (Lipinski definition) is 3. The molecule has 1 amide bonds. The minimum absolute atomic E-state index is 0.0158. The maximum Gasteiger partial charge on any atom is 0.253 e. The highest BCUT2D eigenvalue weighted by Gasteiger charge is 2.24. The van der Waals surface area contributed by atoms with Crippen LogP contribution in [0.5, 0.6) is 0 Å². The van der Waals surface area contributed by atoms with E-state index in [1.54, 1.807) is 12.1 Å². The van der Waals surface area contributed by atoms with E-state index in [0.717, 1.165) is 6.42 Å². The Hall–Kier alpha value is -2.87. The number of hydrogen-bond donors (Lipinski definition) is 0. The summed E-state index contributed by atoms with van der Waals surface area (Å²) < 4.78 is 13.8. The Balaban J connectivity index is 1.68. The number of benzene rings is 2. The lowest BCUT2D eigenvalue weighted by Gasteiger charge is -2.36. The summed E-state index contributed by atoms with van der Waals surface area (Å²) in [5, 5.41) is 9.18. The van der Waals surface area contributed by atoms with E-state index >= 15 is 0 Å². The van der Waals surface area contributed by atoms with Crippen LogP contribution in [0.3, 0.4) is 0 Å². The number of halogens is 1. The maximum atomic E-state index is 13.8. The summed E-state index contributed by atoms with van der Waals surface area (Å²) in [6.45, 7) is 4.34. The molecule has 0 bridgehead atoms. The monoisotopic (exact) mass is 337 g/mol. The van der Waals surface area contributed by atoms with Gasteiger partial charge in [-0.2, -0.15) is 5.26 Å². The number of carbonyl (C=O) groups excluding carboxylic acids is 1. The van der Waals surface area contributed by atoms with Crippen molar-refractivity contribution in [3.8, 4) is 6.07 Å². The lowest BCUT2D eigenvalue weighted by molar-refractivity contribution is 0.0746. The van der Waals surface area contributed by atoms with E-state index < -0.39 is 5.82 Å². The second-order valence-electron chi connectivity index (χ2n) is 6.08. The molecule has 128 valence electrons. The Kier molecular flexibility index (Phi) is 4.99. The summed E-state index contributed by atoms with van der Waals surface area (Å²) in [5.41, 5.74) is 2.56. The molecular weight excluding hydrogens is 317 g/mol. The van der Waals surface area contributed by atoms with Crippen LogP contribution in [0.15, 0.2) is 42.5 Å². The van der Waals surface area contributed by atoms with Crippen LogP contribution in [-0.4, -0.2) is 37.0 Å². The van der Waals surface area contributed by atoms with Crippen molar-refractivity contribution in [2.24, 2.45) is 0 Å². The second-order valence-corrected chi connectivity index (χ2v) is 6.08. The van der Waals surface area contributed by atoms with Crippen molar-refractivity contribution in [2.45, 2.75) is 13.3 Å². The maximum absolute atomic E-state index is 13.8. The van der Waals surface area contributed by atoms with Crippen molar-refractivity contribution in [1.29, 1.82) is 5.26 Å². The average molecular weight is 337 g/mol. The van der Waals surface area contributed by atoms with Crippen LogP contribution in [0, 0.1) is 17.1 Å². The Morgan fingerprint density at radius 1 is 1.12 bits per heavy atom. The van der Waals surface area contributed by atoms with Crippen LogP contribution in [0.4, 0.5) is 10.1 Å². The minimum atomic E-state index is -0.505. The number of carbonyl (C=O) groups is 1. The van der Waals surface area contributed by atoms with E-state index in [0.29, 0.717) is 37.4 Å². The number of rotatable bonds is 3. The number of amides is 1. The van der Waals surface area contributed by atoms with Gasteiger partial charge in [-0.05, 0) is 36.2 Å². The number of nitrogens with zero attached hydrogens (tertiary/aromatic N) is 3. The standard InChI is InChI=1S/C20H20FN3O/c1-2-15-6-8-16(9-7-15)20(25)24-12-10-23(11-13-24)19-5-3-4-18(21)17(19)14-22/h3-9H,2,10-13H2,1H3. The fourth-order valence-electron chi connectivity index (χ4n) is 3.10. The van der Waals surface area contributed by atoms with Crippen LogP contribution in [0.2, 0.25) is 0 Å². The van der Waals surface area contributed by atoms with Gasteiger partial charge >= 0.3 is 0 Å². The predicted octanol–water partition coefficient (Wildman–Crippen LogP) is 3.22. The quantitative estimate of drug-likeness (QED) is 0.864. The minimum Gasteiger partial charge on any atom is -0.367 e. The van der Waals surface area contributed by atoms with Gasteiger partial charge in [-0.15, -0.1) is 0 Å². The first-order chi connectivity index (χ1) is 12.1. The summed E-state index contributed by atoms with van der Waals surface area (Å²) in [4.78, 5) is 16.4. The highest BCUT2D eigenvalue weighted by Crippen LogP contribution is 2.24. The molecule has 1 saturated heterocycles. The molecule has 0 unspecified atom stereocenters. The molecule has 0 saturated carbocycles. The molecule has 1 aliphatic rings. The Morgan fingerprint density at radius 2 is 1.80 bits per heavy atom. The van der Waals surface area contributed by atoms with Crippen molar-refractivity contribution < 1.29 is 9.18 Å². The van der Waals surface area contributed by atoms with E-state index in [4.69, 9.17) is 0 Å². The van der Waals surface area contributed by atoms with Gasteiger partial charge in [0.05, 0.1) is 5.69 Å². The van der Waals surface area contributed by atoms with E-state index in [-0.39, 0.29) is 11.5 Å². The van der Waals surface area contributed by atoms with Gasteiger partial charge in [-0.3, -0.25) is 4.79 Å². The Labute approximate surface area is 147 Å². The average Bonchev–Trinajstić information content (AvgIpc) is 2.67. The van der Waals surface area contributed by atoms with Crippen LogP contribution in [0.25, 0.3) is 0 Å². The molecule has 0 radical (unpaired) electrons. The summed E-state index contributed by atoms with van der Waals surface area (Å²) in [6.07, 6.45) is 0.946. The fourth-order valence-corrected chi connectivity index (χ4v) is 3.10. The molecule has 0 N–H and O–H groups in total. The third-order valence-electron chi connectivity index (χ3n) is 4.62. The van der Waals surface area contributed by atoms with E-state index in [2.05, 4.69) is 6.92 Å². The van der Waals surface area contributed by atoms with Gasteiger partial charge in [-0.1, -0.05) is 25.1 Å². The number of anilines is 1. The number of aryl methyl sites for hydroxylation is 1. The smallest absolute Gasteiger partial charge is 0.253 e. The van der Waals surface area contributed by atoms with Gasteiger partial charge in [0.25, 0.3) is 5.91 Å². The third kappa shape index (κ3) is 3.48. The predicted molar refractivity (Wildman–Crippen MR) is 95.1 cm³/mol. The number of nitriles is 1. The Morgan fingerprint density at radius 3 is 2.40 bits per heavy atom. The molecule has 25 heavy (non-hydrogen) atoms. The Bertz CT molecular complexity index is 803. The first kappa shape index (κ1) is 17.0. The molecule has 0 atom stereocenters. The van der Waals surface area contributed by atoms with Crippen LogP contribution < -0.4 is 4.90 Å². The first-order valence-electron chi connectivity index (χ1n) is 8.45. The third-order valence-corrected chi connectivity index (χ3v) is 4.62. The molecule has 0 aromatic heterocycles. The molecule has 4 nitrogen and oxygen atoms in total. The molecule has 3 rings (SSSR count). The van der Waals surface area contributed by atoms with Crippen molar-refractivity contribution in [2.75, 3.05) is 31.1 Å². The van der Waals surface area contributed by atoms with Crippen molar-refractivity contribution in [1.82, 2.24) is 4.90 Å². The lowest BCUT2D eigenvalue weighted by Crippen LogP contribution is -2.49. The molecular formula is C20H20FN3O. The van der Waals surface area contributed by atoms with Crippen molar-refractivity contribution in [3.05, 3.63) is 65.0 Å². The molecule has 1 heterocycles. The van der Waals surface area contributed by atoms with E-state index in [1.807, 2.05) is 40.1 Å². The van der Waals surface area contributed by atoms with Gasteiger partial charge in [0, 0.05) is 31.7 Å². The van der Waals surface area contributed by atoms with E-state index in [1.165, 1.54) is 11.6 Å². The fraction of sp³-hybridized carbons (Fsp3) is 0.300. The molecule has 2 aromatic carbocycles. The van der Waals surface area contributed by atoms with Crippen molar-refractivity contribution >= 4 is 11.6 Å². The largest absolute Gasteiger partial charge is 0.367 e. The second kappa shape index (κ2) is 7.35. The number of piperazine rings is 1. The zero-order chi connectivity index (χ0) is 17.8. The molecule has 1 fully saturated rings. The molecule has 5 heteroatoms. The van der Waals surface area contributed by atoms with Gasteiger partial charge in [0.15, 0.2) is 0 Å². The molecule has 0 spiro atoms. The summed E-state index contributed by atoms with van der Waals surface area (Å²) in [5.74, 6) is -0.489. The topological polar surface area (TPSA) is 47.3 Å². The first-order valence-corrected chi connectivity index (χ1v) is 8.45. The molecule has 1 aliphatic heterocycles. The highest BCUT2D eigenvalue weighted by atomic mass is 19.1. The van der Waals surface area contributed by atoms with Crippen LogP contribution >= 0.6 is 0 Å². The van der Waals surface area contributed by atoms with Gasteiger partial charge in [0.1, 0.15) is 17.4 Å². The molecule has 0 aliphatic carbocycles. The van der Waals surface area contributed by atoms with Gasteiger partial charge in [-0.25, -0.2) is 4.39 Å². The lowest BCUT2D eigenvalue weighted by atomic mass is 10.1. The normalized spacial score (nSPS) is 14.3. The van der Waals surface area contributed by atoms with Crippen LogP contribution in [0.1, 0.15) is 28.4 Å². The highest BCUT2D eigenvalue weighted by molar-refractivity contribution is 5.94. The van der Waals surface area contributed by atoms with Gasteiger partial charge < -0.3 is 9.80 Å².